The van der Waals surface area contributed by atoms with Crippen LogP contribution in [0.15, 0.2) is 24.4 Å². The van der Waals surface area contributed by atoms with E-state index in [1.165, 1.54) is 0 Å². The van der Waals surface area contributed by atoms with Gasteiger partial charge in [-0.05, 0) is 12.0 Å². The zero-order valence-corrected chi connectivity index (χ0v) is 16.2. The van der Waals surface area contributed by atoms with Gasteiger partial charge in [-0.2, -0.15) is 5.10 Å². The van der Waals surface area contributed by atoms with Crippen molar-refractivity contribution in [2.24, 2.45) is 17.8 Å². The zero-order valence-electron chi connectivity index (χ0n) is 16.2. The first-order chi connectivity index (χ1) is 13.0. The Kier molecular flexibility index (Phi) is 4.58. The molecule has 0 saturated carbocycles. The van der Waals surface area contributed by atoms with Gasteiger partial charge in [0, 0.05) is 19.8 Å². The average Bonchev–Trinajstić information content (AvgIpc) is 3.42. The van der Waals surface area contributed by atoms with Crippen molar-refractivity contribution < 1.29 is 14.3 Å². The molecular weight excluding hydrogens is 344 g/mol. The van der Waals surface area contributed by atoms with Crippen molar-refractivity contribution in [3.05, 3.63) is 30.1 Å². The van der Waals surface area contributed by atoms with E-state index in [2.05, 4.69) is 24.0 Å². The third kappa shape index (κ3) is 2.88. The first-order valence-electron chi connectivity index (χ1n) is 9.88. The molecule has 7 heteroatoms. The summed E-state index contributed by atoms with van der Waals surface area (Å²) >= 11 is 0. The Bertz CT molecular complexity index is 742. The van der Waals surface area contributed by atoms with Crippen molar-refractivity contribution in [3.8, 4) is 0 Å². The molecular formula is C20H28N4O3. The number of carbonyl (C=O) groups is 2. The molecule has 146 valence electrons. The first-order valence-corrected chi connectivity index (χ1v) is 9.88. The van der Waals surface area contributed by atoms with Crippen LogP contribution in [0.25, 0.3) is 0 Å². The van der Waals surface area contributed by atoms with Gasteiger partial charge in [-0.1, -0.05) is 38.8 Å². The molecule has 0 radical (unpaired) electrons. The number of ether oxygens (including phenoxy) is 1. The fourth-order valence-electron chi connectivity index (χ4n) is 4.83. The topological polar surface area (TPSA) is 78.5 Å². The first kappa shape index (κ1) is 18.2. The largest absolute Gasteiger partial charge is 0.360 e. The molecule has 2 saturated heterocycles. The number of fused-ring (bicyclic) bond motifs is 1. The van der Waals surface area contributed by atoms with Gasteiger partial charge in [0.15, 0.2) is 0 Å². The summed E-state index contributed by atoms with van der Waals surface area (Å²) < 4.78 is 6.21. The van der Waals surface area contributed by atoms with Crippen LogP contribution >= 0.6 is 0 Å². The second-order valence-electron chi connectivity index (χ2n) is 8.08. The van der Waals surface area contributed by atoms with E-state index >= 15 is 0 Å². The number of hydrogen-bond acceptors (Lipinski definition) is 4. The van der Waals surface area contributed by atoms with Crippen molar-refractivity contribution in [1.29, 1.82) is 0 Å². The number of nitrogens with zero attached hydrogens (tertiary/aromatic N) is 3. The predicted molar refractivity (Wildman–Crippen MR) is 99.4 cm³/mol. The van der Waals surface area contributed by atoms with Crippen LogP contribution in [0.3, 0.4) is 0 Å². The number of carbonyl (C=O) groups excluding carboxylic acids is 2. The van der Waals surface area contributed by atoms with Gasteiger partial charge in [0.1, 0.15) is 5.60 Å². The summed E-state index contributed by atoms with van der Waals surface area (Å²) in [5.74, 6) is -0.325. The molecule has 4 rings (SSSR count). The number of nitrogens with one attached hydrogen (secondary N) is 1. The molecule has 1 aromatic heterocycles. The van der Waals surface area contributed by atoms with Crippen LogP contribution < -0.4 is 0 Å². The lowest BCUT2D eigenvalue weighted by Gasteiger charge is -2.28. The molecule has 1 spiro atoms. The number of aromatic amines is 1. The molecule has 1 N–H and O–H groups in total. The number of H-pyrrole nitrogens is 1. The van der Waals surface area contributed by atoms with E-state index in [0.717, 1.165) is 25.1 Å². The maximum absolute atomic E-state index is 13.2. The monoisotopic (exact) mass is 372 g/mol. The highest BCUT2D eigenvalue weighted by molar-refractivity contribution is 5.93. The zero-order chi connectivity index (χ0) is 19.2. The lowest BCUT2D eigenvalue weighted by atomic mass is 9.76. The summed E-state index contributed by atoms with van der Waals surface area (Å²) in [6.07, 6.45) is 7.45. The highest BCUT2D eigenvalue weighted by atomic mass is 16.5. The van der Waals surface area contributed by atoms with E-state index in [1.807, 2.05) is 23.1 Å². The van der Waals surface area contributed by atoms with Crippen LogP contribution in [-0.4, -0.2) is 63.7 Å². The third-order valence-corrected chi connectivity index (χ3v) is 6.44. The van der Waals surface area contributed by atoms with Gasteiger partial charge in [-0.3, -0.25) is 14.7 Å². The average molecular weight is 372 g/mol. The third-order valence-electron chi connectivity index (χ3n) is 6.44. The molecule has 0 unspecified atom stereocenters. The predicted octanol–water partition coefficient (Wildman–Crippen LogP) is 1.59. The molecule has 2 fully saturated rings. The van der Waals surface area contributed by atoms with Crippen LogP contribution in [0, 0.1) is 17.8 Å². The second-order valence-corrected chi connectivity index (χ2v) is 8.08. The summed E-state index contributed by atoms with van der Waals surface area (Å²) in [4.78, 5) is 30.0. The molecule has 3 aliphatic heterocycles. The normalized spacial score (nSPS) is 31.2. The molecule has 7 nitrogen and oxygen atoms in total. The van der Waals surface area contributed by atoms with E-state index < -0.39 is 17.4 Å². The molecule has 2 bridgehead atoms. The second kappa shape index (κ2) is 6.78. The number of amides is 2. The lowest BCUT2D eigenvalue weighted by molar-refractivity contribution is -0.143. The maximum atomic E-state index is 13.2. The Hall–Kier alpha value is -2.15. The minimum absolute atomic E-state index is 0.0384. The number of hydrogen-bond donors (Lipinski definition) is 1. The molecule has 2 amide bonds. The Morgan fingerprint density at radius 1 is 1.48 bits per heavy atom. The van der Waals surface area contributed by atoms with Crippen molar-refractivity contribution in [1.82, 2.24) is 20.0 Å². The van der Waals surface area contributed by atoms with E-state index in [1.54, 1.807) is 18.1 Å². The smallest absolute Gasteiger partial charge is 0.230 e. The molecule has 27 heavy (non-hydrogen) atoms. The quantitative estimate of drug-likeness (QED) is 0.737. The van der Waals surface area contributed by atoms with Crippen LogP contribution in [-0.2, 0) is 20.9 Å². The Labute approximate surface area is 159 Å². The van der Waals surface area contributed by atoms with Gasteiger partial charge in [-0.15, -0.1) is 0 Å². The summed E-state index contributed by atoms with van der Waals surface area (Å²) in [6.45, 7) is 6.07. The van der Waals surface area contributed by atoms with Gasteiger partial charge in [-0.25, -0.2) is 0 Å². The van der Waals surface area contributed by atoms with Crippen molar-refractivity contribution in [3.63, 3.8) is 0 Å². The Balaban J connectivity index is 1.53. The van der Waals surface area contributed by atoms with E-state index in [9.17, 15) is 9.59 Å². The van der Waals surface area contributed by atoms with Gasteiger partial charge in [0.05, 0.1) is 36.7 Å². The minimum atomic E-state index is -0.622. The van der Waals surface area contributed by atoms with E-state index in [0.29, 0.717) is 19.0 Å². The number of rotatable bonds is 7. The van der Waals surface area contributed by atoms with Gasteiger partial charge >= 0.3 is 0 Å². The van der Waals surface area contributed by atoms with Crippen molar-refractivity contribution in [2.75, 3.05) is 20.1 Å². The molecule has 0 aliphatic carbocycles. The Morgan fingerprint density at radius 2 is 2.26 bits per heavy atom. The Morgan fingerprint density at radius 3 is 2.93 bits per heavy atom. The standard InChI is InChI=1S/C20H28N4O3/c1-4-13(5-2)10-24-12-20-8-6-15(27-20)16(17(20)19(24)26)18(25)23(3)11-14-7-9-21-22-14/h6-9,13,15-17H,4-5,10-12H2,1-3H3,(H,21,22)/t15-,16-,17-,20-/m0/s1. The van der Waals surface area contributed by atoms with Crippen LogP contribution in [0.2, 0.25) is 0 Å². The summed E-state index contributed by atoms with van der Waals surface area (Å²) in [6, 6.07) is 1.85. The van der Waals surface area contributed by atoms with Crippen LogP contribution in [0.5, 0.6) is 0 Å². The fraction of sp³-hybridized carbons (Fsp3) is 0.650. The van der Waals surface area contributed by atoms with Gasteiger partial charge in [0.2, 0.25) is 11.8 Å². The lowest BCUT2D eigenvalue weighted by Crippen LogP contribution is -2.44. The highest BCUT2D eigenvalue weighted by Crippen LogP contribution is 2.52. The molecule has 3 aliphatic rings. The molecule has 0 aromatic carbocycles. The van der Waals surface area contributed by atoms with Crippen LogP contribution in [0.4, 0.5) is 0 Å². The minimum Gasteiger partial charge on any atom is -0.360 e. The SMILES string of the molecule is CCC(CC)CN1C[C@]23C=C[C@H](O2)[C@H](C(=O)N(C)Cc2ccn[nH]2)[C@H]3C1=O. The van der Waals surface area contributed by atoms with Crippen LogP contribution in [0.1, 0.15) is 32.4 Å². The highest BCUT2D eigenvalue weighted by Gasteiger charge is 2.67. The molecule has 4 atom stereocenters. The van der Waals surface area contributed by atoms with E-state index in [-0.39, 0.29) is 17.9 Å². The number of aromatic nitrogens is 2. The van der Waals surface area contributed by atoms with E-state index in [4.69, 9.17) is 4.74 Å². The van der Waals surface area contributed by atoms with Crippen molar-refractivity contribution >= 4 is 11.8 Å². The molecule has 1 aromatic rings. The summed E-state index contributed by atoms with van der Waals surface area (Å²) in [7, 11) is 1.77. The maximum Gasteiger partial charge on any atom is 0.230 e. The summed E-state index contributed by atoms with van der Waals surface area (Å²) in [5, 5.41) is 6.81. The van der Waals surface area contributed by atoms with Crippen molar-refractivity contribution in [2.45, 2.75) is 44.9 Å². The molecule has 4 heterocycles. The summed E-state index contributed by atoms with van der Waals surface area (Å²) in [5.41, 5.74) is 0.247. The van der Waals surface area contributed by atoms with Gasteiger partial charge < -0.3 is 14.5 Å². The van der Waals surface area contributed by atoms with Gasteiger partial charge in [0.25, 0.3) is 0 Å². The fourth-order valence-corrected chi connectivity index (χ4v) is 4.83. The number of likely N-dealkylation sites (tertiary alicyclic amines) is 1.